The van der Waals surface area contributed by atoms with Crippen LogP contribution in [-0.4, -0.2) is 24.9 Å². The number of hydrogen-bond acceptors (Lipinski definition) is 2. The van der Waals surface area contributed by atoms with E-state index in [1.165, 1.54) is 0 Å². The molecule has 0 radical (unpaired) electrons. The van der Waals surface area contributed by atoms with E-state index in [-0.39, 0.29) is 6.10 Å². The Kier molecular flexibility index (Phi) is 6.39. The zero-order valence-electron chi connectivity index (χ0n) is 8.96. The van der Waals surface area contributed by atoms with Crippen molar-refractivity contribution in [3.8, 4) is 0 Å². The highest BCUT2D eigenvalue weighted by Crippen LogP contribution is 2.04. The Morgan fingerprint density at radius 1 is 1.00 bits per heavy atom. The van der Waals surface area contributed by atoms with Crippen molar-refractivity contribution in [3.05, 3.63) is 0 Å². The maximum Gasteiger partial charge on any atom is 0.0809 e. The minimum absolute atomic E-state index is 0.257. The van der Waals surface area contributed by atoms with Crippen molar-refractivity contribution in [3.63, 3.8) is 0 Å². The predicted octanol–water partition coefficient (Wildman–Crippen LogP) is 2.62. The lowest BCUT2D eigenvalue weighted by Gasteiger charge is -2.20. The van der Waals surface area contributed by atoms with Crippen molar-refractivity contribution in [2.75, 3.05) is 6.61 Å². The van der Waals surface area contributed by atoms with Crippen LogP contribution in [0, 0.1) is 0 Å². The molecule has 0 aliphatic rings. The van der Waals surface area contributed by atoms with Gasteiger partial charge in [0.05, 0.1) is 24.9 Å². The van der Waals surface area contributed by atoms with Gasteiger partial charge >= 0.3 is 0 Å². The molecule has 0 aromatic heterocycles. The van der Waals surface area contributed by atoms with Crippen LogP contribution >= 0.6 is 0 Å². The SMILES string of the molecule is CCC(COC(C)C)OC(C)C. The minimum atomic E-state index is 0.257. The third-order valence-electron chi connectivity index (χ3n) is 1.54. The van der Waals surface area contributed by atoms with Gasteiger partial charge in [-0.1, -0.05) is 6.92 Å². The van der Waals surface area contributed by atoms with E-state index in [0.29, 0.717) is 18.8 Å². The highest BCUT2D eigenvalue weighted by atomic mass is 16.5. The van der Waals surface area contributed by atoms with Gasteiger partial charge in [-0.15, -0.1) is 0 Å². The molecule has 74 valence electrons. The molecule has 0 aromatic rings. The monoisotopic (exact) mass is 174 g/mol. The Balaban J connectivity index is 3.53. The van der Waals surface area contributed by atoms with Crippen molar-refractivity contribution in [1.82, 2.24) is 0 Å². The van der Waals surface area contributed by atoms with Crippen LogP contribution in [-0.2, 0) is 9.47 Å². The van der Waals surface area contributed by atoms with Gasteiger partial charge in [0, 0.05) is 0 Å². The van der Waals surface area contributed by atoms with E-state index in [0.717, 1.165) is 6.42 Å². The molecule has 1 atom stereocenters. The van der Waals surface area contributed by atoms with Crippen LogP contribution in [0.4, 0.5) is 0 Å². The van der Waals surface area contributed by atoms with E-state index in [2.05, 4.69) is 20.8 Å². The van der Waals surface area contributed by atoms with E-state index in [4.69, 9.17) is 9.47 Å². The average molecular weight is 174 g/mol. The molecular formula is C10H22O2. The molecule has 0 aliphatic heterocycles. The summed E-state index contributed by atoms with van der Waals surface area (Å²) in [5.74, 6) is 0. The molecule has 0 saturated heterocycles. The normalized spacial score (nSPS) is 14.2. The first-order valence-electron chi connectivity index (χ1n) is 4.83. The van der Waals surface area contributed by atoms with Gasteiger partial charge in [0.25, 0.3) is 0 Å². The van der Waals surface area contributed by atoms with Crippen LogP contribution < -0.4 is 0 Å². The maximum absolute atomic E-state index is 5.62. The fourth-order valence-electron chi connectivity index (χ4n) is 0.938. The highest BCUT2D eigenvalue weighted by molar-refractivity contribution is 4.56. The van der Waals surface area contributed by atoms with Gasteiger partial charge in [0.15, 0.2) is 0 Å². The van der Waals surface area contributed by atoms with Crippen LogP contribution in [0.3, 0.4) is 0 Å². The van der Waals surface area contributed by atoms with Crippen LogP contribution in [0.5, 0.6) is 0 Å². The summed E-state index contributed by atoms with van der Waals surface area (Å²) in [4.78, 5) is 0. The molecular weight excluding hydrogens is 152 g/mol. The van der Waals surface area contributed by atoms with Gasteiger partial charge < -0.3 is 9.47 Å². The zero-order valence-corrected chi connectivity index (χ0v) is 8.96. The van der Waals surface area contributed by atoms with Crippen molar-refractivity contribution in [2.24, 2.45) is 0 Å². The summed E-state index contributed by atoms with van der Waals surface area (Å²) >= 11 is 0. The topological polar surface area (TPSA) is 18.5 Å². The first kappa shape index (κ1) is 11.9. The predicted molar refractivity (Wildman–Crippen MR) is 51.4 cm³/mol. The molecule has 12 heavy (non-hydrogen) atoms. The Bertz CT molecular complexity index is 100. The van der Waals surface area contributed by atoms with E-state index < -0.39 is 0 Å². The molecule has 0 amide bonds. The molecule has 0 rings (SSSR count). The third kappa shape index (κ3) is 6.62. The van der Waals surface area contributed by atoms with Gasteiger partial charge in [-0.25, -0.2) is 0 Å². The Morgan fingerprint density at radius 3 is 1.92 bits per heavy atom. The molecule has 0 aromatic carbocycles. The quantitative estimate of drug-likeness (QED) is 0.616. The first-order chi connectivity index (χ1) is 5.56. The number of ether oxygens (including phenoxy) is 2. The molecule has 0 bridgehead atoms. The first-order valence-corrected chi connectivity index (χ1v) is 4.83. The molecule has 0 aliphatic carbocycles. The lowest BCUT2D eigenvalue weighted by atomic mass is 10.3. The Labute approximate surface area is 76.3 Å². The summed E-state index contributed by atoms with van der Waals surface area (Å²) in [6.45, 7) is 11.0. The zero-order chi connectivity index (χ0) is 9.56. The summed E-state index contributed by atoms with van der Waals surface area (Å²) in [5, 5.41) is 0. The summed E-state index contributed by atoms with van der Waals surface area (Å²) in [6, 6.07) is 0. The number of hydrogen-bond donors (Lipinski definition) is 0. The summed E-state index contributed by atoms with van der Waals surface area (Å²) < 4.78 is 11.1. The molecule has 0 spiro atoms. The van der Waals surface area contributed by atoms with E-state index in [1.54, 1.807) is 0 Å². The standard InChI is InChI=1S/C10H22O2/c1-6-10(12-9(4)5)7-11-8(2)3/h8-10H,6-7H2,1-5H3. The molecule has 2 nitrogen and oxygen atoms in total. The van der Waals surface area contributed by atoms with Gasteiger partial charge in [-0.2, -0.15) is 0 Å². The largest absolute Gasteiger partial charge is 0.376 e. The molecule has 0 N–H and O–H groups in total. The Hall–Kier alpha value is -0.0800. The van der Waals surface area contributed by atoms with Crippen molar-refractivity contribution in [1.29, 1.82) is 0 Å². The van der Waals surface area contributed by atoms with Crippen LogP contribution in [0.15, 0.2) is 0 Å². The van der Waals surface area contributed by atoms with Gasteiger partial charge in [-0.05, 0) is 34.1 Å². The smallest absolute Gasteiger partial charge is 0.0809 e. The molecule has 0 heterocycles. The summed E-state index contributed by atoms with van der Waals surface area (Å²) in [7, 11) is 0. The van der Waals surface area contributed by atoms with E-state index >= 15 is 0 Å². The second-order valence-corrected chi connectivity index (χ2v) is 3.60. The van der Waals surface area contributed by atoms with Gasteiger partial charge in [-0.3, -0.25) is 0 Å². The van der Waals surface area contributed by atoms with Crippen molar-refractivity contribution < 1.29 is 9.47 Å². The molecule has 2 heteroatoms. The van der Waals surface area contributed by atoms with Crippen LogP contribution in [0.25, 0.3) is 0 Å². The third-order valence-corrected chi connectivity index (χ3v) is 1.54. The maximum atomic E-state index is 5.62. The lowest BCUT2D eigenvalue weighted by Crippen LogP contribution is -2.24. The fraction of sp³-hybridized carbons (Fsp3) is 1.00. The molecule has 0 saturated carbocycles. The van der Waals surface area contributed by atoms with Crippen molar-refractivity contribution in [2.45, 2.75) is 59.4 Å². The summed E-state index contributed by atoms with van der Waals surface area (Å²) in [5.41, 5.74) is 0. The molecule has 1 unspecified atom stereocenters. The van der Waals surface area contributed by atoms with Gasteiger partial charge in [0.1, 0.15) is 0 Å². The van der Waals surface area contributed by atoms with Crippen molar-refractivity contribution >= 4 is 0 Å². The van der Waals surface area contributed by atoms with Gasteiger partial charge in [0.2, 0.25) is 0 Å². The fourth-order valence-corrected chi connectivity index (χ4v) is 0.938. The van der Waals surface area contributed by atoms with Crippen LogP contribution in [0.1, 0.15) is 41.0 Å². The van der Waals surface area contributed by atoms with E-state index in [1.807, 2.05) is 13.8 Å². The minimum Gasteiger partial charge on any atom is -0.376 e. The number of rotatable bonds is 6. The second-order valence-electron chi connectivity index (χ2n) is 3.60. The van der Waals surface area contributed by atoms with E-state index in [9.17, 15) is 0 Å². The lowest BCUT2D eigenvalue weighted by molar-refractivity contribution is -0.0593. The van der Waals surface area contributed by atoms with Crippen LogP contribution in [0.2, 0.25) is 0 Å². The average Bonchev–Trinajstić information content (AvgIpc) is 1.97. The summed E-state index contributed by atoms with van der Waals surface area (Å²) in [6.07, 6.45) is 1.87. The second kappa shape index (κ2) is 6.44. The molecule has 0 fully saturated rings. The Morgan fingerprint density at radius 2 is 1.58 bits per heavy atom. The highest BCUT2D eigenvalue weighted by Gasteiger charge is 2.09.